The molecule has 0 saturated carbocycles. The van der Waals surface area contributed by atoms with Crippen molar-refractivity contribution >= 4 is 0 Å². The average Bonchev–Trinajstić information content (AvgIpc) is 2.71. The van der Waals surface area contributed by atoms with Crippen LogP contribution in [-0.4, -0.2) is 33.3 Å². The van der Waals surface area contributed by atoms with Crippen LogP contribution < -0.4 is 0 Å². The zero-order chi connectivity index (χ0) is 12.0. The van der Waals surface area contributed by atoms with E-state index in [1.54, 1.807) is 10.9 Å². The predicted molar refractivity (Wildman–Crippen MR) is 60.9 cm³/mol. The molecule has 1 heterocycles. The van der Waals surface area contributed by atoms with Crippen molar-refractivity contribution in [2.45, 2.75) is 39.8 Å². The van der Waals surface area contributed by atoms with Crippen molar-refractivity contribution in [3.05, 3.63) is 11.9 Å². The number of aromatic nitrogens is 3. The molecule has 0 bridgehead atoms. The highest BCUT2D eigenvalue weighted by molar-refractivity contribution is 4.96. The van der Waals surface area contributed by atoms with Gasteiger partial charge in [0, 0.05) is 6.61 Å². The van der Waals surface area contributed by atoms with Crippen LogP contribution in [0.2, 0.25) is 0 Å². The van der Waals surface area contributed by atoms with Crippen molar-refractivity contribution in [1.29, 1.82) is 0 Å². The summed E-state index contributed by atoms with van der Waals surface area (Å²) in [5.74, 6) is 0.549. The van der Waals surface area contributed by atoms with Crippen molar-refractivity contribution in [1.82, 2.24) is 15.0 Å². The lowest BCUT2D eigenvalue weighted by Crippen LogP contribution is -2.09. The second-order valence-corrected chi connectivity index (χ2v) is 4.30. The molecule has 1 aromatic heterocycles. The first-order valence-corrected chi connectivity index (χ1v) is 5.79. The van der Waals surface area contributed by atoms with Gasteiger partial charge in [-0.1, -0.05) is 26.0 Å². The molecule has 5 nitrogen and oxygen atoms in total. The van der Waals surface area contributed by atoms with Gasteiger partial charge in [-0.05, 0) is 12.3 Å². The Hall–Kier alpha value is -0.940. The van der Waals surface area contributed by atoms with Gasteiger partial charge in [-0.3, -0.25) is 0 Å². The molecule has 0 radical (unpaired) electrons. The van der Waals surface area contributed by atoms with Crippen LogP contribution in [0, 0.1) is 5.92 Å². The van der Waals surface area contributed by atoms with Gasteiger partial charge in [-0.25, -0.2) is 4.68 Å². The van der Waals surface area contributed by atoms with Gasteiger partial charge in [-0.15, -0.1) is 5.10 Å². The van der Waals surface area contributed by atoms with Crippen molar-refractivity contribution in [3.8, 4) is 0 Å². The second kappa shape index (κ2) is 6.60. The third kappa shape index (κ3) is 4.28. The van der Waals surface area contributed by atoms with Crippen LogP contribution in [0.1, 0.15) is 39.0 Å². The molecule has 0 aliphatic rings. The molecule has 92 valence electrons. The lowest BCUT2D eigenvalue weighted by atomic mass is 10.2. The minimum absolute atomic E-state index is 0.509. The number of rotatable bonds is 7. The molecule has 0 spiro atoms. The van der Waals surface area contributed by atoms with E-state index >= 15 is 0 Å². The highest BCUT2D eigenvalue weighted by atomic mass is 16.5. The largest absolute Gasteiger partial charge is 0.387 e. The van der Waals surface area contributed by atoms with Gasteiger partial charge in [0.2, 0.25) is 0 Å². The Morgan fingerprint density at radius 2 is 2.25 bits per heavy atom. The Balaban J connectivity index is 2.29. The SMILES string of the molecule is CCC(O)c1cn(CCOCC(C)C)nn1. The van der Waals surface area contributed by atoms with Gasteiger partial charge in [0.15, 0.2) is 0 Å². The van der Waals surface area contributed by atoms with Crippen LogP contribution in [0.5, 0.6) is 0 Å². The minimum Gasteiger partial charge on any atom is -0.387 e. The number of hydrogen-bond donors (Lipinski definition) is 1. The first kappa shape index (κ1) is 13.1. The third-order valence-corrected chi connectivity index (χ3v) is 2.20. The molecule has 0 aliphatic carbocycles. The van der Waals surface area contributed by atoms with E-state index in [0.717, 1.165) is 6.61 Å². The number of nitrogens with zero attached hydrogens (tertiary/aromatic N) is 3. The standard InChI is InChI=1S/C11H21N3O2/c1-4-11(15)10-7-14(13-12-10)5-6-16-8-9(2)3/h7,9,11,15H,4-6,8H2,1-3H3. The van der Waals surface area contributed by atoms with E-state index in [0.29, 0.717) is 31.2 Å². The summed E-state index contributed by atoms with van der Waals surface area (Å²) in [4.78, 5) is 0. The molecule has 1 atom stereocenters. The highest BCUT2D eigenvalue weighted by Crippen LogP contribution is 2.11. The summed E-state index contributed by atoms with van der Waals surface area (Å²) < 4.78 is 7.15. The zero-order valence-corrected chi connectivity index (χ0v) is 10.3. The van der Waals surface area contributed by atoms with Crippen LogP contribution in [0.3, 0.4) is 0 Å². The summed E-state index contributed by atoms with van der Waals surface area (Å²) in [6.07, 6.45) is 1.92. The van der Waals surface area contributed by atoms with Crippen molar-refractivity contribution in [2.75, 3.05) is 13.2 Å². The second-order valence-electron chi connectivity index (χ2n) is 4.30. The Morgan fingerprint density at radius 1 is 1.50 bits per heavy atom. The number of aliphatic hydroxyl groups excluding tert-OH is 1. The van der Waals surface area contributed by atoms with Crippen molar-refractivity contribution in [2.24, 2.45) is 5.92 Å². The fourth-order valence-corrected chi connectivity index (χ4v) is 1.26. The number of hydrogen-bond acceptors (Lipinski definition) is 4. The molecular formula is C11H21N3O2. The fraction of sp³-hybridized carbons (Fsp3) is 0.818. The summed E-state index contributed by atoms with van der Waals surface area (Å²) in [6, 6.07) is 0. The first-order chi connectivity index (χ1) is 7.63. The van der Waals surface area contributed by atoms with Crippen LogP contribution in [0.25, 0.3) is 0 Å². The van der Waals surface area contributed by atoms with Crippen LogP contribution in [-0.2, 0) is 11.3 Å². The zero-order valence-electron chi connectivity index (χ0n) is 10.3. The van der Waals surface area contributed by atoms with Gasteiger partial charge >= 0.3 is 0 Å². The normalized spacial score (nSPS) is 13.3. The van der Waals surface area contributed by atoms with E-state index in [-0.39, 0.29) is 0 Å². The maximum absolute atomic E-state index is 9.54. The Kier molecular flexibility index (Phi) is 5.42. The first-order valence-electron chi connectivity index (χ1n) is 5.79. The maximum atomic E-state index is 9.54. The predicted octanol–water partition coefficient (Wildman–Crippen LogP) is 1.39. The van der Waals surface area contributed by atoms with Gasteiger partial charge in [0.25, 0.3) is 0 Å². The Bertz CT molecular complexity index is 299. The molecule has 1 aromatic rings. The molecule has 0 fully saturated rings. The molecule has 0 amide bonds. The molecule has 5 heteroatoms. The summed E-state index contributed by atoms with van der Waals surface area (Å²) in [5.41, 5.74) is 0.631. The molecular weight excluding hydrogens is 206 g/mol. The number of ether oxygens (including phenoxy) is 1. The smallest absolute Gasteiger partial charge is 0.111 e. The van der Waals surface area contributed by atoms with E-state index in [1.165, 1.54) is 0 Å². The number of aliphatic hydroxyl groups is 1. The molecule has 1 unspecified atom stereocenters. The summed E-state index contributed by atoms with van der Waals surface area (Å²) in [5, 5.41) is 17.4. The van der Waals surface area contributed by atoms with E-state index in [9.17, 15) is 5.11 Å². The van der Waals surface area contributed by atoms with Crippen LogP contribution >= 0.6 is 0 Å². The third-order valence-electron chi connectivity index (χ3n) is 2.20. The lowest BCUT2D eigenvalue weighted by Gasteiger charge is -2.06. The lowest BCUT2D eigenvalue weighted by molar-refractivity contribution is 0.101. The Labute approximate surface area is 96.4 Å². The van der Waals surface area contributed by atoms with Gasteiger partial charge in [0.1, 0.15) is 5.69 Å². The van der Waals surface area contributed by atoms with E-state index in [4.69, 9.17) is 4.74 Å². The van der Waals surface area contributed by atoms with Crippen LogP contribution in [0.4, 0.5) is 0 Å². The Morgan fingerprint density at radius 3 is 2.88 bits per heavy atom. The van der Waals surface area contributed by atoms with Crippen molar-refractivity contribution < 1.29 is 9.84 Å². The van der Waals surface area contributed by atoms with Gasteiger partial charge < -0.3 is 9.84 Å². The van der Waals surface area contributed by atoms with Crippen molar-refractivity contribution in [3.63, 3.8) is 0 Å². The highest BCUT2D eigenvalue weighted by Gasteiger charge is 2.09. The molecule has 16 heavy (non-hydrogen) atoms. The quantitative estimate of drug-likeness (QED) is 0.715. The maximum Gasteiger partial charge on any atom is 0.111 e. The molecule has 0 aliphatic heterocycles. The van der Waals surface area contributed by atoms with Crippen LogP contribution in [0.15, 0.2) is 6.20 Å². The van der Waals surface area contributed by atoms with E-state index < -0.39 is 6.10 Å². The fourth-order valence-electron chi connectivity index (χ4n) is 1.26. The van der Waals surface area contributed by atoms with E-state index in [2.05, 4.69) is 24.2 Å². The summed E-state index contributed by atoms with van der Waals surface area (Å²) in [7, 11) is 0. The summed E-state index contributed by atoms with van der Waals surface area (Å²) >= 11 is 0. The summed E-state index contributed by atoms with van der Waals surface area (Å²) in [6.45, 7) is 8.21. The topological polar surface area (TPSA) is 60.2 Å². The average molecular weight is 227 g/mol. The molecule has 1 rings (SSSR count). The molecule has 1 N–H and O–H groups in total. The molecule has 0 aromatic carbocycles. The van der Waals surface area contributed by atoms with Gasteiger partial charge in [-0.2, -0.15) is 0 Å². The van der Waals surface area contributed by atoms with Gasteiger partial charge in [0.05, 0.1) is 25.5 Å². The molecule has 0 saturated heterocycles. The van der Waals surface area contributed by atoms with E-state index in [1.807, 2.05) is 6.92 Å². The minimum atomic E-state index is -0.509. The monoisotopic (exact) mass is 227 g/mol.